The molecule has 3 N–H and O–H groups in total. The fourth-order valence-corrected chi connectivity index (χ4v) is 8.92. The van der Waals surface area contributed by atoms with Crippen molar-refractivity contribution in [2.24, 2.45) is 28.4 Å². The van der Waals surface area contributed by atoms with Crippen molar-refractivity contribution < 1.29 is 66.7 Å². The largest absolute Gasteiger partial charge is 0.508 e. The molecule has 0 aromatic rings. The van der Waals surface area contributed by atoms with Crippen LogP contribution in [0.5, 0.6) is 0 Å². The van der Waals surface area contributed by atoms with Crippen molar-refractivity contribution in [1.29, 1.82) is 0 Å². The second-order valence-corrected chi connectivity index (χ2v) is 14.2. The molecule has 1 aliphatic heterocycles. The van der Waals surface area contributed by atoms with Crippen molar-refractivity contribution in [2.45, 2.75) is 101 Å². The molecular formula is C32H42F2N2O13. The predicted molar refractivity (Wildman–Crippen MR) is 160 cm³/mol. The Balaban J connectivity index is 1.26. The van der Waals surface area contributed by atoms with Crippen LogP contribution in [0.2, 0.25) is 0 Å². The monoisotopic (exact) mass is 700 g/mol. The molecular weight excluding hydrogens is 658 g/mol. The van der Waals surface area contributed by atoms with Gasteiger partial charge in [-0.3, -0.25) is 14.4 Å². The number of hydrogen-bond acceptors (Lipinski definition) is 14. The Bertz CT molecular complexity index is 1460. The number of carbonyl (C=O) groups excluding carboxylic acids is 4. The average molecular weight is 701 g/mol. The van der Waals surface area contributed by atoms with Crippen molar-refractivity contribution in [3.63, 3.8) is 0 Å². The molecule has 3 saturated carbocycles. The molecule has 0 aromatic heterocycles. The summed E-state index contributed by atoms with van der Waals surface area (Å²) in [5.41, 5.74) is -1.45. The molecule has 5 aliphatic rings. The lowest BCUT2D eigenvalue weighted by Crippen LogP contribution is -2.71. The number of aliphatic hydroxyl groups excluding tert-OH is 1. The third-order valence-electron chi connectivity index (χ3n) is 11.0. The molecule has 1 heterocycles. The normalized spacial score (nSPS) is 39.0. The highest BCUT2D eigenvalue weighted by Gasteiger charge is 2.80. The summed E-state index contributed by atoms with van der Waals surface area (Å²) in [7, 11) is 0. The maximum Gasteiger partial charge on any atom is 0.508 e. The molecule has 4 aliphatic carbocycles. The number of hydrogen-bond donors (Lipinski definition) is 2. The Morgan fingerprint density at radius 1 is 1.12 bits per heavy atom. The maximum atomic E-state index is 17.6. The molecule has 10 atom stereocenters. The van der Waals surface area contributed by atoms with E-state index in [1.54, 1.807) is 20.8 Å². The number of halogens is 2. The van der Waals surface area contributed by atoms with E-state index in [0.29, 0.717) is 0 Å². The van der Waals surface area contributed by atoms with Gasteiger partial charge >= 0.3 is 12.1 Å². The third kappa shape index (κ3) is 6.01. The Hall–Kier alpha value is -3.54. The number of carbonyl (C=O) groups is 4. The maximum absolute atomic E-state index is 17.6. The van der Waals surface area contributed by atoms with Crippen molar-refractivity contribution in [3.05, 3.63) is 33.9 Å². The van der Waals surface area contributed by atoms with Crippen molar-refractivity contribution in [3.8, 4) is 0 Å². The molecule has 4 fully saturated rings. The van der Waals surface area contributed by atoms with E-state index >= 15 is 8.78 Å². The highest BCUT2D eigenvalue weighted by Crippen LogP contribution is 2.72. The molecule has 49 heavy (non-hydrogen) atoms. The minimum Gasteiger partial charge on any atom is -0.464 e. The standard InChI is InChI=1S/C32H42F2N2O13/c1-28(2)48-25-13-18-19-12-21(33)20-11-17(37)7-8-29(20,3)31(19,34)23(38)14-30(18,4)32(25,49-28)24(39)16-46-27(41)45-15-22(35)26(40)44-9-5-6-10-47-36(42)43/h7-8,11,18-19,21-23,25,38H,5-6,9-10,12-16,35H2,1-4H3/t18?,19?,21-,22?,23-,25+,29-,30-,31-,32+/m0/s1. The van der Waals surface area contributed by atoms with Gasteiger partial charge in [-0.2, -0.15) is 0 Å². The van der Waals surface area contributed by atoms with E-state index in [-0.39, 0.29) is 50.9 Å². The smallest absolute Gasteiger partial charge is 0.464 e. The van der Waals surface area contributed by atoms with Crippen LogP contribution in [0, 0.1) is 32.8 Å². The van der Waals surface area contributed by atoms with Gasteiger partial charge in [0.2, 0.25) is 5.78 Å². The van der Waals surface area contributed by atoms with Crippen LogP contribution in [0.25, 0.3) is 0 Å². The number of rotatable bonds is 12. The third-order valence-corrected chi connectivity index (χ3v) is 11.0. The molecule has 3 unspecified atom stereocenters. The number of ether oxygens (including phenoxy) is 5. The number of fused-ring (bicyclic) bond motifs is 7. The first-order valence-electron chi connectivity index (χ1n) is 16.2. The number of nitrogens with two attached hydrogens (primary N) is 1. The van der Waals surface area contributed by atoms with Crippen LogP contribution in [-0.4, -0.2) is 102 Å². The lowest BCUT2D eigenvalue weighted by Gasteiger charge is -2.63. The fraction of sp³-hybridized carbons (Fsp3) is 0.750. The van der Waals surface area contributed by atoms with Crippen LogP contribution in [0.1, 0.15) is 59.8 Å². The minimum atomic E-state index is -2.38. The highest BCUT2D eigenvalue weighted by molar-refractivity contribution is 6.01. The van der Waals surface area contributed by atoms with Gasteiger partial charge in [0.05, 0.1) is 25.4 Å². The van der Waals surface area contributed by atoms with Gasteiger partial charge < -0.3 is 39.4 Å². The van der Waals surface area contributed by atoms with Crippen molar-refractivity contribution in [1.82, 2.24) is 0 Å². The van der Waals surface area contributed by atoms with Crippen LogP contribution < -0.4 is 5.73 Å². The summed E-state index contributed by atoms with van der Waals surface area (Å²) >= 11 is 0. The lowest BCUT2D eigenvalue weighted by molar-refractivity contribution is -0.757. The first-order chi connectivity index (χ1) is 22.8. The zero-order chi connectivity index (χ0) is 36.2. The van der Waals surface area contributed by atoms with Gasteiger partial charge in [-0.05, 0) is 76.5 Å². The number of aliphatic hydroxyl groups is 1. The van der Waals surface area contributed by atoms with Gasteiger partial charge in [0, 0.05) is 16.7 Å². The quantitative estimate of drug-likeness (QED) is 0.130. The van der Waals surface area contributed by atoms with Gasteiger partial charge in [0.15, 0.2) is 29.4 Å². The van der Waals surface area contributed by atoms with Gasteiger partial charge in [0.25, 0.3) is 5.09 Å². The average Bonchev–Trinajstić information content (AvgIpc) is 3.43. The summed E-state index contributed by atoms with van der Waals surface area (Å²) in [6.07, 6.45) is -2.09. The summed E-state index contributed by atoms with van der Waals surface area (Å²) < 4.78 is 60.8. The molecule has 5 rings (SSSR count). The molecule has 272 valence electrons. The van der Waals surface area contributed by atoms with E-state index in [2.05, 4.69) is 4.84 Å². The van der Waals surface area contributed by atoms with E-state index in [0.717, 1.165) is 6.08 Å². The zero-order valence-corrected chi connectivity index (χ0v) is 27.7. The number of ketones is 2. The summed E-state index contributed by atoms with van der Waals surface area (Å²) in [6, 6.07) is -1.39. The summed E-state index contributed by atoms with van der Waals surface area (Å²) in [4.78, 5) is 65.1. The molecule has 0 aromatic carbocycles. The molecule has 1 saturated heterocycles. The van der Waals surface area contributed by atoms with E-state index in [9.17, 15) is 34.4 Å². The Kier molecular flexibility index (Phi) is 9.72. The second-order valence-electron chi connectivity index (χ2n) is 14.2. The van der Waals surface area contributed by atoms with E-state index < -0.39 is 106 Å². The molecule has 15 nitrogen and oxygen atoms in total. The van der Waals surface area contributed by atoms with Gasteiger partial charge in [0.1, 0.15) is 18.8 Å². The molecule has 0 radical (unpaired) electrons. The van der Waals surface area contributed by atoms with Gasteiger partial charge in [-0.25, -0.2) is 13.6 Å². The summed E-state index contributed by atoms with van der Waals surface area (Å²) in [5, 5.41) is 20.8. The Morgan fingerprint density at radius 3 is 2.51 bits per heavy atom. The number of unbranched alkanes of at least 4 members (excludes halogenated alkanes) is 1. The van der Waals surface area contributed by atoms with E-state index in [1.807, 2.05) is 0 Å². The number of Topliss-reactive ketones (excluding diaryl/α,β-unsaturated/α-hetero) is 1. The molecule has 0 bridgehead atoms. The van der Waals surface area contributed by atoms with E-state index in [1.165, 1.54) is 19.1 Å². The number of allylic oxidation sites excluding steroid dienone is 4. The second kappa shape index (κ2) is 13.0. The van der Waals surface area contributed by atoms with Crippen molar-refractivity contribution in [2.75, 3.05) is 26.4 Å². The number of nitrogens with zero attached hydrogens (tertiary/aromatic N) is 1. The SMILES string of the molecule is CC1(C)O[C@@H]2CC3C4C[C@H](F)C5=CC(=O)C=C[C@]5(C)[C@@]4(F)[C@@H](O)C[C@]3(C)[C@]2(C(=O)COC(=O)OCC(N)C(=O)OCCCCO[N+](=O)[O-])O1. The van der Waals surface area contributed by atoms with Gasteiger partial charge in [-0.15, -0.1) is 10.1 Å². The highest BCUT2D eigenvalue weighted by atomic mass is 19.1. The van der Waals surface area contributed by atoms with Crippen LogP contribution in [0.3, 0.4) is 0 Å². The Morgan fingerprint density at radius 2 is 1.82 bits per heavy atom. The first-order valence-corrected chi connectivity index (χ1v) is 16.2. The topological polar surface area (TPSA) is 213 Å². The van der Waals surface area contributed by atoms with Crippen LogP contribution in [0.4, 0.5) is 13.6 Å². The molecule has 17 heteroatoms. The van der Waals surface area contributed by atoms with Crippen molar-refractivity contribution >= 4 is 23.7 Å². The van der Waals surface area contributed by atoms with Crippen LogP contribution in [-0.2, 0) is 42.9 Å². The minimum absolute atomic E-state index is 0.0285. The molecule has 0 amide bonds. The van der Waals surface area contributed by atoms with Crippen LogP contribution in [0.15, 0.2) is 23.8 Å². The van der Waals surface area contributed by atoms with Crippen LogP contribution >= 0.6 is 0 Å². The molecule has 0 spiro atoms. The summed E-state index contributed by atoms with van der Waals surface area (Å²) in [6.45, 7) is 4.53. The number of alkyl halides is 2. The fourth-order valence-electron chi connectivity index (χ4n) is 8.92. The number of esters is 1. The lowest BCUT2D eigenvalue weighted by atomic mass is 9.44. The zero-order valence-electron chi connectivity index (χ0n) is 27.7. The van der Waals surface area contributed by atoms with E-state index in [4.69, 9.17) is 29.4 Å². The van der Waals surface area contributed by atoms with Gasteiger partial charge in [-0.1, -0.05) is 13.0 Å². The first kappa shape index (κ1) is 36.7. The summed E-state index contributed by atoms with van der Waals surface area (Å²) in [5.74, 6) is -5.22. The predicted octanol–water partition coefficient (Wildman–Crippen LogP) is 2.39. The Labute approximate surface area is 280 Å².